The van der Waals surface area contributed by atoms with E-state index in [1.165, 1.54) is 13.8 Å². The van der Waals surface area contributed by atoms with Gasteiger partial charge in [-0.15, -0.1) is 0 Å². The molecule has 1 N–H and O–H groups in total. The molecule has 1 saturated heterocycles. The van der Waals surface area contributed by atoms with E-state index < -0.39 is 12.2 Å². The quantitative estimate of drug-likeness (QED) is 0.340. The van der Waals surface area contributed by atoms with E-state index in [2.05, 4.69) is 34.6 Å². The normalized spacial score (nSPS) is 47.4. The molecule has 0 aromatic rings. The molecule has 0 bridgehead atoms. The van der Waals surface area contributed by atoms with Crippen LogP contribution in [0, 0.1) is 58.2 Å². The minimum atomic E-state index is -0.623. The Hall–Kier alpha value is -1.63. The number of fused-ring (bicyclic) bond motifs is 5. The second-order valence-electron chi connectivity index (χ2n) is 15.0. The van der Waals surface area contributed by atoms with Crippen LogP contribution in [0.3, 0.4) is 0 Å². The van der Waals surface area contributed by atoms with Gasteiger partial charge >= 0.3 is 17.9 Å². The van der Waals surface area contributed by atoms with E-state index in [0.29, 0.717) is 30.1 Å². The molecule has 4 aliphatic carbocycles. The van der Waals surface area contributed by atoms with E-state index in [9.17, 15) is 19.5 Å². The Morgan fingerprint density at radius 2 is 1.55 bits per heavy atom. The van der Waals surface area contributed by atoms with Crippen molar-refractivity contribution < 1.29 is 33.7 Å². The maximum atomic E-state index is 12.6. The number of carbonyl (C=O) groups is 3. The number of aliphatic hydroxyl groups is 1. The van der Waals surface area contributed by atoms with Crippen molar-refractivity contribution >= 4 is 17.9 Å². The Balaban J connectivity index is 1.39. The molecule has 4 saturated carbocycles. The highest BCUT2D eigenvalue weighted by atomic mass is 16.6. The first-order chi connectivity index (χ1) is 18.8. The maximum absolute atomic E-state index is 12.6. The first-order valence-corrected chi connectivity index (χ1v) is 16.0. The van der Waals surface area contributed by atoms with Gasteiger partial charge in [-0.3, -0.25) is 14.4 Å². The Bertz CT molecular complexity index is 993. The van der Waals surface area contributed by atoms with Crippen molar-refractivity contribution in [1.82, 2.24) is 0 Å². The van der Waals surface area contributed by atoms with Gasteiger partial charge in [-0.05, 0) is 97.7 Å². The molecule has 0 aromatic carbocycles. The monoisotopic (exact) mass is 560 g/mol. The molecule has 5 aliphatic rings. The molecule has 0 amide bonds. The van der Waals surface area contributed by atoms with Crippen molar-refractivity contribution in [3.05, 3.63) is 0 Å². The van der Waals surface area contributed by atoms with E-state index in [4.69, 9.17) is 14.2 Å². The van der Waals surface area contributed by atoms with Crippen LogP contribution in [-0.2, 0) is 28.6 Å². The summed E-state index contributed by atoms with van der Waals surface area (Å²) in [5.74, 6) is 1.71. The van der Waals surface area contributed by atoms with Gasteiger partial charge < -0.3 is 19.3 Å². The first-order valence-electron chi connectivity index (χ1n) is 16.0. The second-order valence-corrected chi connectivity index (χ2v) is 15.0. The van der Waals surface area contributed by atoms with Crippen LogP contribution in [0.25, 0.3) is 0 Å². The molecule has 1 heterocycles. The molecule has 1 aliphatic heterocycles. The van der Waals surface area contributed by atoms with Gasteiger partial charge in [-0.2, -0.15) is 0 Å². The lowest BCUT2D eigenvalue weighted by molar-refractivity contribution is -0.201. The van der Waals surface area contributed by atoms with Crippen molar-refractivity contribution in [3.63, 3.8) is 0 Å². The Morgan fingerprint density at radius 1 is 0.900 bits per heavy atom. The number of hydrogen-bond donors (Lipinski definition) is 1. The van der Waals surface area contributed by atoms with Crippen LogP contribution >= 0.6 is 0 Å². The summed E-state index contributed by atoms with van der Waals surface area (Å²) in [6, 6.07) is 0. The minimum absolute atomic E-state index is 0.0459. The van der Waals surface area contributed by atoms with Crippen LogP contribution in [0.4, 0.5) is 0 Å². The van der Waals surface area contributed by atoms with E-state index in [-0.39, 0.29) is 64.6 Å². The third kappa shape index (κ3) is 5.00. The predicted octanol–water partition coefficient (Wildman–Crippen LogP) is 5.70. The third-order valence-corrected chi connectivity index (χ3v) is 12.8. The van der Waals surface area contributed by atoms with Gasteiger partial charge in [0.1, 0.15) is 18.3 Å². The molecule has 226 valence electrons. The lowest BCUT2D eigenvalue weighted by Gasteiger charge is -2.62. The van der Waals surface area contributed by atoms with Crippen LogP contribution in [0.2, 0.25) is 0 Å². The zero-order chi connectivity index (χ0) is 29.1. The highest BCUT2D eigenvalue weighted by molar-refractivity contribution is 5.71. The van der Waals surface area contributed by atoms with E-state index in [1.807, 2.05) is 0 Å². The van der Waals surface area contributed by atoms with Crippen molar-refractivity contribution in [2.75, 3.05) is 0 Å². The summed E-state index contributed by atoms with van der Waals surface area (Å²) < 4.78 is 17.6. The number of esters is 3. The van der Waals surface area contributed by atoms with Crippen molar-refractivity contribution in [3.8, 4) is 0 Å². The van der Waals surface area contributed by atoms with Crippen LogP contribution in [0.5, 0.6) is 0 Å². The van der Waals surface area contributed by atoms with Crippen LogP contribution in [0.1, 0.15) is 106 Å². The van der Waals surface area contributed by atoms with E-state index in [0.717, 1.165) is 51.4 Å². The number of aliphatic hydroxyl groups excluding tert-OH is 1. The van der Waals surface area contributed by atoms with Gasteiger partial charge in [0.25, 0.3) is 0 Å². The third-order valence-electron chi connectivity index (χ3n) is 12.8. The van der Waals surface area contributed by atoms with Gasteiger partial charge in [-0.25, -0.2) is 0 Å². The van der Waals surface area contributed by atoms with Gasteiger partial charge in [-0.1, -0.05) is 34.6 Å². The fraction of sp³-hybridized carbons (Fsp3) is 0.909. The lowest BCUT2D eigenvalue weighted by Crippen LogP contribution is -2.59. The fourth-order valence-electron chi connectivity index (χ4n) is 10.9. The molecule has 0 unspecified atom stereocenters. The number of rotatable bonds is 5. The Morgan fingerprint density at radius 3 is 2.20 bits per heavy atom. The number of ether oxygens (including phenoxy) is 3. The molecule has 7 nitrogen and oxygen atoms in total. The summed E-state index contributed by atoms with van der Waals surface area (Å²) >= 11 is 0. The highest BCUT2D eigenvalue weighted by Crippen LogP contribution is 2.69. The highest BCUT2D eigenvalue weighted by Gasteiger charge is 2.64. The molecule has 7 heteroatoms. The van der Waals surface area contributed by atoms with Crippen LogP contribution in [0.15, 0.2) is 0 Å². The zero-order valence-electron chi connectivity index (χ0n) is 25.7. The average Bonchev–Trinajstić information content (AvgIpc) is 3.22. The molecule has 0 aromatic heterocycles. The number of carbonyl (C=O) groups excluding carboxylic acids is 3. The Kier molecular flexibility index (Phi) is 8.13. The molecule has 0 spiro atoms. The summed E-state index contributed by atoms with van der Waals surface area (Å²) in [6.07, 6.45) is 6.92. The summed E-state index contributed by atoms with van der Waals surface area (Å²) in [5, 5.41) is 11.3. The average molecular weight is 561 g/mol. The van der Waals surface area contributed by atoms with Gasteiger partial charge in [0, 0.05) is 25.7 Å². The summed E-state index contributed by atoms with van der Waals surface area (Å²) in [5.41, 5.74) is 0.140. The van der Waals surface area contributed by atoms with E-state index in [1.54, 1.807) is 0 Å². The summed E-state index contributed by atoms with van der Waals surface area (Å²) in [7, 11) is 0. The number of hydrogen-bond acceptors (Lipinski definition) is 7. The fourth-order valence-corrected chi connectivity index (χ4v) is 10.9. The van der Waals surface area contributed by atoms with Crippen molar-refractivity contribution in [2.24, 2.45) is 58.2 Å². The predicted molar refractivity (Wildman–Crippen MR) is 150 cm³/mol. The SMILES string of the molecule is CC(=O)O[C@@H]1CC[C@]2(C)[C@H]3CC[C@]4(C)[C@@H]([C@H](C)[C@H]5OC(=O)C[C@@H](C(C)C)[C@H]5O)CC[C@H]4[C@@H]3C[C@H](OC(C)=O)[C@@H]2C1. The molecule has 5 rings (SSSR count). The standard InChI is InChI=1S/C33H52O7/c1-17(2)22-16-29(36)40-31(30(22)37)18(3)24-8-9-25-23-15-28(39-20(5)35)27-14-21(38-19(4)34)10-12-33(27,7)26(23)11-13-32(24,25)6/h17-18,21-28,30-31,37H,8-16H2,1-7H3/t18-,21+,22-,23-,24+,25-,26-,27-,28-,30+,31+,32+,33+/m0/s1. The molecule has 13 atom stereocenters. The maximum Gasteiger partial charge on any atom is 0.306 e. The zero-order valence-corrected chi connectivity index (χ0v) is 25.7. The molecule has 0 radical (unpaired) electrons. The number of cyclic esters (lactones) is 1. The summed E-state index contributed by atoms with van der Waals surface area (Å²) in [6.45, 7) is 14.2. The molecule has 40 heavy (non-hydrogen) atoms. The summed E-state index contributed by atoms with van der Waals surface area (Å²) in [4.78, 5) is 36.6. The smallest absolute Gasteiger partial charge is 0.306 e. The van der Waals surface area contributed by atoms with Crippen LogP contribution in [-0.4, -0.2) is 47.4 Å². The van der Waals surface area contributed by atoms with Gasteiger partial charge in [0.2, 0.25) is 0 Å². The Labute approximate surface area is 240 Å². The van der Waals surface area contributed by atoms with Gasteiger partial charge in [0.05, 0.1) is 12.5 Å². The van der Waals surface area contributed by atoms with Crippen molar-refractivity contribution in [2.45, 2.75) is 131 Å². The van der Waals surface area contributed by atoms with Crippen molar-refractivity contribution in [1.29, 1.82) is 0 Å². The molecular formula is C33H52O7. The topological polar surface area (TPSA) is 99.1 Å². The van der Waals surface area contributed by atoms with E-state index >= 15 is 0 Å². The minimum Gasteiger partial charge on any atom is -0.463 e. The van der Waals surface area contributed by atoms with Crippen LogP contribution < -0.4 is 0 Å². The largest absolute Gasteiger partial charge is 0.463 e. The molecular weight excluding hydrogens is 508 g/mol. The van der Waals surface area contributed by atoms with Gasteiger partial charge in [0.15, 0.2) is 0 Å². The molecule has 5 fully saturated rings. The second kappa shape index (κ2) is 10.9. The lowest BCUT2D eigenvalue weighted by atomic mass is 9.43. The first kappa shape index (κ1) is 29.8.